The summed E-state index contributed by atoms with van der Waals surface area (Å²) in [6, 6.07) is 6.84. The number of hydrogen-bond acceptors (Lipinski definition) is 2. The van der Waals surface area contributed by atoms with Crippen LogP contribution >= 0.6 is 11.8 Å². The molecule has 0 spiro atoms. The van der Waals surface area contributed by atoms with Gasteiger partial charge >= 0.3 is 0 Å². The molecule has 0 fully saturated rings. The molecule has 3 heteroatoms. The summed E-state index contributed by atoms with van der Waals surface area (Å²) < 4.78 is 13.5. The lowest BCUT2D eigenvalue weighted by molar-refractivity contribution is 0.613. The minimum Gasteiger partial charge on any atom is -0.205 e. The number of rotatable bonds is 5. The van der Waals surface area contributed by atoms with Gasteiger partial charge in [-0.05, 0) is 23.8 Å². The summed E-state index contributed by atoms with van der Waals surface area (Å²) in [6.45, 7) is 2.14. The molecule has 0 heterocycles. The summed E-state index contributed by atoms with van der Waals surface area (Å²) >= 11 is 1.71. The lowest BCUT2D eigenvalue weighted by Crippen LogP contribution is -1.92. The number of benzene rings is 1. The lowest BCUT2D eigenvalue weighted by atomic mass is 10.1. The Labute approximate surface area is 94.3 Å². The highest BCUT2D eigenvalue weighted by Crippen LogP contribution is 2.18. The van der Waals surface area contributed by atoms with E-state index < -0.39 is 0 Å². The predicted molar refractivity (Wildman–Crippen MR) is 62.2 cm³/mol. The van der Waals surface area contributed by atoms with Crippen molar-refractivity contribution in [2.75, 3.05) is 5.75 Å². The van der Waals surface area contributed by atoms with Gasteiger partial charge < -0.3 is 0 Å². The maximum atomic E-state index is 13.5. The highest BCUT2D eigenvalue weighted by Gasteiger charge is 2.06. The highest BCUT2D eigenvalue weighted by molar-refractivity contribution is 7.98. The van der Waals surface area contributed by atoms with E-state index in [1.807, 2.05) is 6.07 Å². The van der Waals surface area contributed by atoms with Crippen LogP contribution in [0.15, 0.2) is 18.2 Å². The molecule has 1 aromatic carbocycles. The van der Waals surface area contributed by atoms with Crippen molar-refractivity contribution in [2.24, 2.45) is 0 Å². The molecule has 0 aliphatic carbocycles. The first-order valence-electron chi connectivity index (χ1n) is 5.04. The first-order chi connectivity index (χ1) is 7.29. The van der Waals surface area contributed by atoms with Crippen LogP contribution in [-0.2, 0) is 5.75 Å². The maximum Gasteiger partial charge on any atom is 0.144 e. The van der Waals surface area contributed by atoms with E-state index in [0.717, 1.165) is 18.6 Å². The van der Waals surface area contributed by atoms with Gasteiger partial charge in [0.1, 0.15) is 11.9 Å². The Hall–Kier alpha value is -1.01. The average Bonchev–Trinajstić information content (AvgIpc) is 2.26. The Bertz CT molecular complexity index is 357. The van der Waals surface area contributed by atoms with Crippen LogP contribution in [0.3, 0.4) is 0 Å². The fourth-order valence-corrected chi connectivity index (χ4v) is 2.29. The van der Waals surface area contributed by atoms with Crippen LogP contribution in [0.2, 0.25) is 0 Å². The van der Waals surface area contributed by atoms with Crippen LogP contribution in [0.4, 0.5) is 4.39 Å². The maximum absolute atomic E-state index is 13.5. The first kappa shape index (κ1) is 12.1. The Morgan fingerprint density at radius 2 is 2.27 bits per heavy atom. The van der Waals surface area contributed by atoms with Crippen molar-refractivity contribution in [3.8, 4) is 6.07 Å². The van der Waals surface area contributed by atoms with Crippen LogP contribution in [-0.4, -0.2) is 5.75 Å². The van der Waals surface area contributed by atoms with Crippen LogP contribution in [0.25, 0.3) is 0 Å². The topological polar surface area (TPSA) is 23.8 Å². The van der Waals surface area contributed by atoms with E-state index in [4.69, 9.17) is 5.26 Å². The Morgan fingerprint density at radius 1 is 1.47 bits per heavy atom. The molecular weight excluding hydrogens is 209 g/mol. The number of halogens is 1. The largest absolute Gasteiger partial charge is 0.205 e. The molecule has 1 aromatic rings. The molecule has 0 radical (unpaired) electrons. The third-order valence-corrected chi connectivity index (χ3v) is 3.19. The summed E-state index contributed by atoms with van der Waals surface area (Å²) in [5.41, 5.74) is 0.777. The van der Waals surface area contributed by atoms with E-state index in [1.165, 1.54) is 6.07 Å². The van der Waals surface area contributed by atoms with Crippen molar-refractivity contribution in [3.63, 3.8) is 0 Å². The summed E-state index contributed by atoms with van der Waals surface area (Å²) in [5.74, 6) is 1.35. The molecule has 1 nitrogen and oxygen atoms in total. The van der Waals surface area contributed by atoms with Crippen molar-refractivity contribution in [1.29, 1.82) is 5.26 Å². The molecule has 0 aliphatic rings. The molecule has 0 aromatic heterocycles. The van der Waals surface area contributed by atoms with Gasteiger partial charge in [-0.25, -0.2) is 4.39 Å². The second kappa shape index (κ2) is 6.47. The SMILES string of the molecule is CCCCSCc1cccc(C#N)c1F. The van der Waals surface area contributed by atoms with Gasteiger partial charge in [0, 0.05) is 5.75 Å². The Morgan fingerprint density at radius 3 is 2.93 bits per heavy atom. The van der Waals surface area contributed by atoms with E-state index in [1.54, 1.807) is 23.9 Å². The van der Waals surface area contributed by atoms with Gasteiger partial charge in [-0.1, -0.05) is 25.5 Å². The predicted octanol–water partition coefficient (Wildman–Crippen LogP) is 3.73. The summed E-state index contributed by atoms with van der Waals surface area (Å²) in [5, 5.41) is 8.66. The molecule has 0 aliphatic heterocycles. The van der Waals surface area contributed by atoms with E-state index in [-0.39, 0.29) is 11.4 Å². The van der Waals surface area contributed by atoms with Crippen molar-refractivity contribution >= 4 is 11.8 Å². The van der Waals surface area contributed by atoms with Crippen molar-refractivity contribution < 1.29 is 4.39 Å². The number of unbranched alkanes of at least 4 members (excludes halogenated alkanes) is 1. The zero-order valence-electron chi connectivity index (χ0n) is 8.79. The average molecular weight is 223 g/mol. The summed E-state index contributed by atoms with van der Waals surface area (Å²) in [6.07, 6.45) is 2.32. The minimum atomic E-state index is -0.357. The minimum absolute atomic E-state index is 0.142. The fraction of sp³-hybridized carbons (Fsp3) is 0.417. The summed E-state index contributed by atoms with van der Waals surface area (Å²) in [4.78, 5) is 0. The van der Waals surface area contributed by atoms with Crippen LogP contribution < -0.4 is 0 Å². The zero-order chi connectivity index (χ0) is 11.1. The Balaban J connectivity index is 2.58. The van der Waals surface area contributed by atoms with Gasteiger partial charge in [-0.2, -0.15) is 17.0 Å². The van der Waals surface area contributed by atoms with Gasteiger partial charge in [-0.15, -0.1) is 0 Å². The normalized spacial score (nSPS) is 9.93. The highest BCUT2D eigenvalue weighted by atomic mass is 32.2. The van der Waals surface area contributed by atoms with E-state index in [2.05, 4.69) is 6.92 Å². The van der Waals surface area contributed by atoms with Gasteiger partial charge in [0.05, 0.1) is 5.56 Å². The molecule has 80 valence electrons. The zero-order valence-corrected chi connectivity index (χ0v) is 9.61. The fourth-order valence-electron chi connectivity index (χ4n) is 1.21. The molecule has 0 bridgehead atoms. The van der Waals surface area contributed by atoms with Crippen LogP contribution in [0.1, 0.15) is 30.9 Å². The number of nitriles is 1. The molecule has 1 rings (SSSR count). The smallest absolute Gasteiger partial charge is 0.144 e. The van der Waals surface area contributed by atoms with Gasteiger partial charge in [0.25, 0.3) is 0 Å². The molecule has 0 unspecified atom stereocenters. The number of nitrogens with zero attached hydrogens (tertiary/aromatic N) is 1. The molecular formula is C12H14FNS. The van der Waals surface area contributed by atoms with E-state index in [0.29, 0.717) is 11.3 Å². The van der Waals surface area contributed by atoms with Crippen LogP contribution in [0, 0.1) is 17.1 Å². The number of hydrogen-bond donors (Lipinski definition) is 0. The molecule has 0 saturated heterocycles. The van der Waals surface area contributed by atoms with Crippen LogP contribution in [0.5, 0.6) is 0 Å². The quantitative estimate of drug-likeness (QED) is 0.710. The van der Waals surface area contributed by atoms with Gasteiger partial charge in [0.15, 0.2) is 0 Å². The van der Waals surface area contributed by atoms with E-state index in [9.17, 15) is 4.39 Å². The number of thioether (sulfide) groups is 1. The molecule has 0 amide bonds. The molecule has 0 saturated carbocycles. The standard InChI is InChI=1S/C12H14FNS/c1-2-3-7-15-9-11-6-4-5-10(8-14)12(11)13/h4-6H,2-3,7,9H2,1H3. The van der Waals surface area contributed by atoms with Crippen molar-refractivity contribution in [2.45, 2.75) is 25.5 Å². The first-order valence-corrected chi connectivity index (χ1v) is 6.20. The monoisotopic (exact) mass is 223 g/mol. The second-order valence-corrected chi connectivity index (χ2v) is 4.40. The van der Waals surface area contributed by atoms with Crippen molar-refractivity contribution in [3.05, 3.63) is 35.1 Å². The lowest BCUT2D eigenvalue weighted by Gasteiger charge is -2.03. The molecule has 0 atom stereocenters. The Kier molecular flexibility index (Phi) is 5.20. The molecule has 15 heavy (non-hydrogen) atoms. The van der Waals surface area contributed by atoms with Gasteiger partial charge in [0.2, 0.25) is 0 Å². The third-order valence-electron chi connectivity index (χ3n) is 2.10. The van der Waals surface area contributed by atoms with E-state index >= 15 is 0 Å². The molecule has 0 N–H and O–H groups in total. The summed E-state index contributed by atoms with van der Waals surface area (Å²) in [7, 11) is 0. The second-order valence-electron chi connectivity index (χ2n) is 3.30. The van der Waals surface area contributed by atoms with Crippen molar-refractivity contribution in [1.82, 2.24) is 0 Å². The van der Waals surface area contributed by atoms with Gasteiger partial charge in [-0.3, -0.25) is 0 Å². The third kappa shape index (κ3) is 3.56.